The molecule has 15 heavy (non-hydrogen) atoms. The van der Waals surface area contributed by atoms with E-state index in [4.69, 9.17) is 17.3 Å². The third-order valence-corrected chi connectivity index (χ3v) is 2.27. The van der Waals surface area contributed by atoms with Crippen molar-refractivity contribution in [2.24, 2.45) is 0 Å². The second-order valence-electron chi connectivity index (χ2n) is 4.13. The van der Waals surface area contributed by atoms with Crippen molar-refractivity contribution in [3.63, 3.8) is 0 Å². The van der Waals surface area contributed by atoms with Crippen LogP contribution in [0.3, 0.4) is 0 Å². The molecule has 0 spiro atoms. The van der Waals surface area contributed by atoms with Gasteiger partial charge in [-0.25, -0.2) is 0 Å². The molecule has 0 bridgehead atoms. The van der Waals surface area contributed by atoms with Crippen molar-refractivity contribution in [2.75, 3.05) is 13.2 Å². The third-order valence-electron chi connectivity index (χ3n) is 2.27. The molecule has 0 aromatic rings. The summed E-state index contributed by atoms with van der Waals surface area (Å²) in [4.78, 5) is 0. The number of rotatable bonds is 10. The number of hydrogen-bond acceptors (Lipinski definition) is 2. The molecule has 0 saturated carbocycles. The van der Waals surface area contributed by atoms with Crippen LogP contribution < -0.4 is 0 Å². The van der Waals surface area contributed by atoms with Gasteiger partial charge in [-0.15, -0.1) is 0 Å². The summed E-state index contributed by atoms with van der Waals surface area (Å²) in [6.45, 7) is 7.50. The first kappa shape index (κ1) is 15.0. The number of hydrogen-bond donors (Lipinski definition) is 0. The molecule has 88 valence electrons. The Morgan fingerprint density at radius 2 is 1.27 bits per heavy atom. The summed E-state index contributed by atoms with van der Waals surface area (Å²) in [5, 5.41) is 0. The lowest BCUT2D eigenvalue weighted by Crippen LogP contribution is -2.33. The van der Waals surface area contributed by atoms with Gasteiger partial charge in [0.05, 0.1) is 0 Å². The monoisotopic (exact) mass is 212 g/mol. The van der Waals surface area contributed by atoms with Gasteiger partial charge in [-0.05, 0) is 19.8 Å². The van der Waals surface area contributed by atoms with Gasteiger partial charge in [0, 0.05) is 13.2 Å². The molecule has 0 saturated heterocycles. The van der Waals surface area contributed by atoms with E-state index in [0.717, 1.165) is 12.8 Å². The predicted octanol–water partition coefficient (Wildman–Crippen LogP) is 3.24. The second-order valence-corrected chi connectivity index (χ2v) is 4.13. The van der Waals surface area contributed by atoms with Crippen LogP contribution in [0.4, 0.5) is 0 Å². The number of ether oxygens (including phenoxy) is 2. The fourth-order valence-corrected chi connectivity index (χ4v) is 1.30. The van der Waals surface area contributed by atoms with E-state index in [1.54, 1.807) is 6.92 Å². The molecule has 0 amide bonds. The summed E-state index contributed by atoms with van der Waals surface area (Å²) >= 11 is 0. The Labute approximate surface area is 96.1 Å². The molecular formula is C12H25BO2. The summed E-state index contributed by atoms with van der Waals surface area (Å²) in [7, 11) is 5.84. The van der Waals surface area contributed by atoms with Gasteiger partial charge in [-0.2, -0.15) is 0 Å². The van der Waals surface area contributed by atoms with E-state index in [0.29, 0.717) is 13.2 Å². The van der Waals surface area contributed by atoms with Crippen molar-refractivity contribution in [3.05, 3.63) is 0 Å². The van der Waals surface area contributed by atoms with Crippen molar-refractivity contribution in [3.8, 4) is 0 Å². The zero-order valence-corrected chi connectivity index (χ0v) is 10.6. The van der Waals surface area contributed by atoms with Crippen molar-refractivity contribution >= 4 is 7.85 Å². The average Bonchev–Trinajstić information content (AvgIpc) is 2.20. The highest BCUT2D eigenvalue weighted by atomic mass is 16.7. The van der Waals surface area contributed by atoms with Crippen LogP contribution >= 0.6 is 0 Å². The fourth-order valence-electron chi connectivity index (χ4n) is 1.30. The van der Waals surface area contributed by atoms with Gasteiger partial charge in [-0.3, -0.25) is 0 Å². The van der Waals surface area contributed by atoms with E-state index >= 15 is 0 Å². The van der Waals surface area contributed by atoms with E-state index in [1.165, 1.54) is 25.7 Å². The Morgan fingerprint density at radius 1 is 0.867 bits per heavy atom. The molecule has 0 aliphatic carbocycles. The van der Waals surface area contributed by atoms with Crippen LogP contribution in [0.1, 0.15) is 59.3 Å². The smallest absolute Gasteiger partial charge is 0.153 e. The molecule has 0 heterocycles. The lowest BCUT2D eigenvalue weighted by molar-refractivity contribution is -0.167. The third kappa shape index (κ3) is 10.3. The largest absolute Gasteiger partial charge is 0.360 e. The van der Waals surface area contributed by atoms with Crippen molar-refractivity contribution in [1.82, 2.24) is 0 Å². The van der Waals surface area contributed by atoms with Gasteiger partial charge in [0.1, 0.15) is 5.69 Å². The van der Waals surface area contributed by atoms with Gasteiger partial charge in [0.2, 0.25) is 0 Å². The molecule has 0 fully saturated rings. The zero-order chi connectivity index (χ0) is 11.6. The van der Waals surface area contributed by atoms with Gasteiger partial charge in [0.15, 0.2) is 7.85 Å². The molecule has 2 radical (unpaired) electrons. The first-order valence-electron chi connectivity index (χ1n) is 6.19. The minimum absolute atomic E-state index is 0.689. The van der Waals surface area contributed by atoms with Crippen LogP contribution in [0, 0.1) is 0 Å². The van der Waals surface area contributed by atoms with Crippen LogP contribution in [0.25, 0.3) is 0 Å². The van der Waals surface area contributed by atoms with Crippen LogP contribution in [0.5, 0.6) is 0 Å². The van der Waals surface area contributed by atoms with E-state index in [9.17, 15) is 0 Å². The fraction of sp³-hybridized carbons (Fsp3) is 1.00. The minimum atomic E-state index is -0.901. The lowest BCUT2D eigenvalue weighted by Gasteiger charge is -2.26. The molecule has 0 rings (SSSR count). The topological polar surface area (TPSA) is 18.5 Å². The summed E-state index contributed by atoms with van der Waals surface area (Å²) in [6, 6.07) is 0. The maximum Gasteiger partial charge on any atom is 0.153 e. The Hall–Kier alpha value is -0.0151. The van der Waals surface area contributed by atoms with Crippen LogP contribution in [0.15, 0.2) is 0 Å². The Bertz CT molecular complexity index is 124. The van der Waals surface area contributed by atoms with Crippen LogP contribution in [-0.4, -0.2) is 26.7 Å². The maximum atomic E-state index is 5.84. The molecule has 0 atom stereocenters. The predicted molar refractivity (Wildman–Crippen MR) is 65.1 cm³/mol. The molecule has 0 unspecified atom stereocenters. The van der Waals surface area contributed by atoms with Crippen LogP contribution in [0.2, 0.25) is 0 Å². The van der Waals surface area contributed by atoms with Gasteiger partial charge < -0.3 is 9.47 Å². The average molecular weight is 212 g/mol. The summed E-state index contributed by atoms with van der Waals surface area (Å²) in [5.41, 5.74) is -0.901. The molecule has 0 N–H and O–H groups in total. The molecule has 0 aliphatic rings. The van der Waals surface area contributed by atoms with Crippen molar-refractivity contribution in [1.29, 1.82) is 0 Å². The second kappa shape index (κ2) is 9.23. The molecule has 0 aliphatic heterocycles. The lowest BCUT2D eigenvalue weighted by atomic mass is 9.96. The molecule has 3 heteroatoms. The Balaban J connectivity index is 3.40. The first-order valence-corrected chi connectivity index (χ1v) is 6.19. The zero-order valence-electron chi connectivity index (χ0n) is 10.6. The SMILES string of the molecule is [B]C(C)(OCCCCC)OCCCCC. The summed E-state index contributed by atoms with van der Waals surface area (Å²) < 4.78 is 10.9. The van der Waals surface area contributed by atoms with Crippen molar-refractivity contribution in [2.45, 2.75) is 65.0 Å². The summed E-state index contributed by atoms with van der Waals surface area (Å²) in [6.07, 6.45) is 6.88. The maximum absolute atomic E-state index is 5.84. The minimum Gasteiger partial charge on any atom is -0.360 e. The van der Waals surface area contributed by atoms with Gasteiger partial charge in [0.25, 0.3) is 0 Å². The molecule has 2 nitrogen and oxygen atoms in total. The molecular weight excluding hydrogens is 187 g/mol. The van der Waals surface area contributed by atoms with Crippen molar-refractivity contribution < 1.29 is 9.47 Å². The van der Waals surface area contributed by atoms with Gasteiger partial charge in [-0.1, -0.05) is 39.5 Å². The highest BCUT2D eigenvalue weighted by Crippen LogP contribution is 2.10. The van der Waals surface area contributed by atoms with E-state index < -0.39 is 5.69 Å². The summed E-state index contributed by atoms with van der Waals surface area (Å²) in [5.74, 6) is 0. The van der Waals surface area contributed by atoms with E-state index in [-0.39, 0.29) is 0 Å². The quantitative estimate of drug-likeness (QED) is 0.314. The van der Waals surface area contributed by atoms with E-state index in [1.807, 2.05) is 0 Å². The van der Waals surface area contributed by atoms with Gasteiger partial charge >= 0.3 is 0 Å². The highest BCUT2D eigenvalue weighted by Gasteiger charge is 2.17. The standard InChI is InChI=1S/C12H25BO2/c1-4-6-8-10-14-12(3,13)15-11-9-7-5-2/h4-11H2,1-3H3. The molecule has 0 aromatic heterocycles. The number of unbranched alkanes of at least 4 members (excludes halogenated alkanes) is 4. The normalized spacial score (nSPS) is 11.9. The van der Waals surface area contributed by atoms with Crippen LogP contribution in [-0.2, 0) is 9.47 Å². The Morgan fingerprint density at radius 3 is 1.60 bits per heavy atom. The Kier molecular flexibility index (Phi) is 9.22. The highest BCUT2D eigenvalue weighted by molar-refractivity contribution is 6.13. The molecule has 0 aromatic carbocycles. The van der Waals surface area contributed by atoms with E-state index in [2.05, 4.69) is 13.8 Å². The first-order chi connectivity index (χ1) is 7.12.